The molecule has 1 unspecified atom stereocenters. The van der Waals surface area contributed by atoms with Crippen molar-refractivity contribution in [3.63, 3.8) is 0 Å². The Bertz CT molecular complexity index is 343. The third-order valence-corrected chi connectivity index (χ3v) is 3.18. The third-order valence-electron chi connectivity index (χ3n) is 3.18. The van der Waals surface area contributed by atoms with Gasteiger partial charge in [0.05, 0.1) is 0 Å². The minimum Gasteiger partial charge on any atom is -0.466 e. The van der Waals surface area contributed by atoms with E-state index in [1.54, 1.807) is 0 Å². The Balaban J connectivity index is 1.69. The van der Waals surface area contributed by atoms with Crippen LogP contribution in [0.1, 0.15) is 31.8 Å². The Labute approximate surface area is 97.6 Å². The summed E-state index contributed by atoms with van der Waals surface area (Å²) >= 11 is 0. The molecule has 0 amide bonds. The second kappa shape index (κ2) is 4.60. The predicted molar refractivity (Wildman–Crippen MR) is 65.6 cm³/mol. The van der Waals surface area contributed by atoms with Crippen molar-refractivity contribution >= 4 is 0 Å². The van der Waals surface area contributed by atoms with Crippen LogP contribution < -0.4 is 10.6 Å². The van der Waals surface area contributed by atoms with Gasteiger partial charge in [-0.1, -0.05) is 0 Å². The summed E-state index contributed by atoms with van der Waals surface area (Å²) in [6.45, 7) is 8.56. The van der Waals surface area contributed by atoms with E-state index in [-0.39, 0.29) is 0 Å². The van der Waals surface area contributed by atoms with Crippen LogP contribution in [-0.2, 0) is 6.42 Å². The summed E-state index contributed by atoms with van der Waals surface area (Å²) in [6, 6.07) is 4.69. The summed E-state index contributed by atoms with van der Waals surface area (Å²) < 4.78 is 5.53. The van der Waals surface area contributed by atoms with Crippen molar-refractivity contribution in [3.05, 3.63) is 23.7 Å². The molecule has 0 bridgehead atoms. The maximum absolute atomic E-state index is 5.53. The molecule has 1 saturated heterocycles. The molecule has 3 heteroatoms. The lowest BCUT2D eigenvalue weighted by Crippen LogP contribution is -2.32. The summed E-state index contributed by atoms with van der Waals surface area (Å²) in [4.78, 5) is 0. The standard InChI is InChI=1S/C13H22N2O/c1-10-4-5-12(16-10)6-7-14-11-8-13(2,3)15-9-11/h4-5,11,14-15H,6-9H2,1-3H3. The Hall–Kier alpha value is -0.800. The summed E-state index contributed by atoms with van der Waals surface area (Å²) in [6.07, 6.45) is 2.18. The normalized spacial score (nSPS) is 23.8. The van der Waals surface area contributed by atoms with Gasteiger partial charge in [-0.05, 0) is 39.3 Å². The monoisotopic (exact) mass is 222 g/mol. The van der Waals surface area contributed by atoms with Gasteiger partial charge in [0.15, 0.2) is 0 Å². The van der Waals surface area contributed by atoms with Crippen molar-refractivity contribution in [2.24, 2.45) is 0 Å². The average molecular weight is 222 g/mol. The van der Waals surface area contributed by atoms with E-state index in [9.17, 15) is 0 Å². The summed E-state index contributed by atoms with van der Waals surface area (Å²) in [5, 5.41) is 7.09. The van der Waals surface area contributed by atoms with E-state index in [1.165, 1.54) is 6.42 Å². The summed E-state index contributed by atoms with van der Waals surface area (Å²) in [7, 11) is 0. The van der Waals surface area contributed by atoms with Crippen LogP contribution in [0.5, 0.6) is 0 Å². The maximum Gasteiger partial charge on any atom is 0.105 e. The minimum atomic E-state index is 0.291. The number of aryl methyl sites for hydroxylation is 1. The smallest absolute Gasteiger partial charge is 0.105 e. The van der Waals surface area contributed by atoms with Crippen LogP contribution in [0.25, 0.3) is 0 Å². The second-order valence-electron chi connectivity index (χ2n) is 5.38. The summed E-state index contributed by atoms with van der Waals surface area (Å²) in [5.41, 5.74) is 0.291. The molecule has 1 aromatic rings. The first-order valence-electron chi connectivity index (χ1n) is 6.09. The Morgan fingerprint density at radius 1 is 1.50 bits per heavy atom. The molecule has 2 heterocycles. The van der Waals surface area contributed by atoms with Crippen LogP contribution in [0.2, 0.25) is 0 Å². The van der Waals surface area contributed by atoms with Gasteiger partial charge in [0.25, 0.3) is 0 Å². The molecule has 0 saturated carbocycles. The Morgan fingerprint density at radius 3 is 2.88 bits per heavy atom. The van der Waals surface area contributed by atoms with Crippen LogP contribution >= 0.6 is 0 Å². The van der Waals surface area contributed by atoms with Crippen LogP contribution in [0.4, 0.5) is 0 Å². The number of nitrogens with one attached hydrogen (secondary N) is 2. The maximum atomic E-state index is 5.53. The molecule has 16 heavy (non-hydrogen) atoms. The van der Waals surface area contributed by atoms with Gasteiger partial charge in [-0.2, -0.15) is 0 Å². The molecule has 3 nitrogen and oxygen atoms in total. The number of rotatable bonds is 4. The molecule has 0 radical (unpaired) electrons. The fourth-order valence-corrected chi connectivity index (χ4v) is 2.32. The lowest BCUT2D eigenvalue weighted by molar-refractivity contribution is 0.435. The van der Waals surface area contributed by atoms with Crippen LogP contribution in [0.3, 0.4) is 0 Å². The number of hydrogen-bond donors (Lipinski definition) is 2. The number of furan rings is 1. The van der Waals surface area contributed by atoms with E-state index < -0.39 is 0 Å². The first-order valence-corrected chi connectivity index (χ1v) is 6.09. The van der Waals surface area contributed by atoms with Crippen molar-refractivity contribution in [2.45, 2.75) is 45.2 Å². The molecule has 90 valence electrons. The minimum absolute atomic E-state index is 0.291. The van der Waals surface area contributed by atoms with Crippen molar-refractivity contribution < 1.29 is 4.42 Å². The fourth-order valence-electron chi connectivity index (χ4n) is 2.32. The fraction of sp³-hybridized carbons (Fsp3) is 0.692. The Morgan fingerprint density at radius 2 is 2.31 bits per heavy atom. The molecule has 1 aromatic heterocycles. The third kappa shape index (κ3) is 3.09. The molecule has 0 aliphatic carbocycles. The van der Waals surface area contributed by atoms with Gasteiger partial charge >= 0.3 is 0 Å². The molecule has 0 aromatic carbocycles. The highest BCUT2D eigenvalue weighted by atomic mass is 16.3. The van der Waals surface area contributed by atoms with Gasteiger partial charge in [-0.25, -0.2) is 0 Å². The molecule has 0 spiro atoms. The zero-order chi connectivity index (χ0) is 11.6. The van der Waals surface area contributed by atoms with Gasteiger partial charge in [-0.15, -0.1) is 0 Å². The lowest BCUT2D eigenvalue weighted by atomic mass is 10.0. The topological polar surface area (TPSA) is 37.2 Å². The number of hydrogen-bond acceptors (Lipinski definition) is 3. The van der Waals surface area contributed by atoms with Gasteiger partial charge in [0.2, 0.25) is 0 Å². The van der Waals surface area contributed by atoms with E-state index >= 15 is 0 Å². The molecule has 2 rings (SSSR count). The predicted octanol–water partition coefficient (Wildman–Crippen LogP) is 1.86. The van der Waals surface area contributed by atoms with Gasteiger partial charge in [0.1, 0.15) is 11.5 Å². The molecule has 1 aliphatic rings. The highest BCUT2D eigenvalue weighted by molar-refractivity contribution is 5.06. The Kier molecular flexibility index (Phi) is 3.36. The first-order chi connectivity index (χ1) is 7.55. The zero-order valence-corrected chi connectivity index (χ0v) is 10.5. The van der Waals surface area contributed by atoms with Crippen LogP contribution in [0.15, 0.2) is 16.5 Å². The quantitative estimate of drug-likeness (QED) is 0.816. The zero-order valence-electron chi connectivity index (χ0n) is 10.5. The molecule has 1 aliphatic heterocycles. The average Bonchev–Trinajstić information content (AvgIpc) is 2.73. The highest BCUT2D eigenvalue weighted by Crippen LogP contribution is 2.17. The largest absolute Gasteiger partial charge is 0.466 e. The van der Waals surface area contributed by atoms with Gasteiger partial charge in [0, 0.05) is 31.1 Å². The lowest BCUT2D eigenvalue weighted by Gasteiger charge is -2.17. The van der Waals surface area contributed by atoms with E-state index in [2.05, 4.69) is 30.5 Å². The van der Waals surface area contributed by atoms with Crippen molar-refractivity contribution in [1.29, 1.82) is 0 Å². The van der Waals surface area contributed by atoms with E-state index in [0.717, 1.165) is 31.0 Å². The van der Waals surface area contributed by atoms with Crippen molar-refractivity contribution in [3.8, 4) is 0 Å². The van der Waals surface area contributed by atoms with Crippen molar-refractivity contribution in [2.75, 3.05) is 13.1 Å². The molecule has 1 fully saturated rings. The van der Waals surface area contributed by atoms with E-state index in [4.69, 9.17) is 4.42 Å². The molecule has 1 atom stereocenters. The van der Waals surface area contributed by atoms with E-state index in [0.29, 0.717) is 11.6 Å². The molecular weight excluding hydrogens is 200 g/mol. The second-order valence-corrected chi connectivity index (χ2v) is 5.38. The molecular formula is C13H22N2O. The highest BCUT2D eigenvalue weighted by Gasteiger charge is 2.29. The van der Waals surface area contributed by atoms with Crippen LogP contribution in [0, 0.1) is 6.92 Å². The van der Waals surface area contributed by atoms with Crippen LogP contribution in [-0.4, -0.2) is 24.7 Å². The molecule has 2 N–H and O–H groups in total. The SMILES string of the molecule is Cc1ccc(CCNC2CNC(C)(C)C2)o1. The van der Waals surface area contributed by atoms with Crippen molar-refractivity contribution in [1.82, 2.24) is 10.6 Å². The van der Waals surface area contributed by atoms with Gasteiger partial charge in [-0.3, -0.25) is 0 Å². The van der Waals surface area contributed by atoms with Gasteiger partial charge < -0.3 is 15.1 Å². The van der Waals surface area contributed by atoms with E-state index in [1.807, 2.05) is 13.0 Å². The first kappa shape index (κ1) is 11.7. The summed E-state index contributed by atoms with van der Waals surface area (Å²) in [5.74, 6) is 2.08.